The summed E-state index contributed by atoms with van der Waals surface area (Å²) in [5.74, 6) is 0.492. The van der Waals surface area contributed by atoms with Crippen LogP contribution in [0.4, 0.5) is 0 Å². The molecule has 3 rings (SSSR count). The first kappa shape index (κ1) is 20.2. The zero-order chi connectivity index (χ0) is 17.6. The number of nitrogens with two attached hydrogens (primary N) is 1. The summed E-state index contributed by atoms with van der Waals surface area (Å²) in [6.45, 7) is 5.22. The van der Waals surface area contributed by atoms with E-state index in [-0.39, 0.29) is 24.0 Å². The molecule has 5 nitrogen and oxygen atoms in total. The van der Waals surface area contributed by atoms with Crippen LogP contribution in [0.5, 0.6) is 0 Å². The van der Waals surface area contributed by atoms with Gasteiger partial charge in [-0.15, -0.1) is 24.0 Å². The molecule has 3 N–H and O–H groups in total. The van der Waals surface area contributed by atoms with Crippen LogP contribution in [-0.4, -0.2) is 29.9 Å². The number of fused-ring (bicyclic) bond motifs is 1. The van der Waals surface area contributed by atoms with Crippen molar-refractivity contribution in [3.8, 4) is 0 Å². The number of nitrogens with zero attached hydrogens (tertiary/aromatic N) is 2. The second kappa shape index (κ2) is 9.56. The molecule has 0 fully saturated rings. The molecule has 2 aromatic carbocycles. The molecule has 0 saturated carbocycles. The number of primary amides is 1. The molecule has 1 amide bonds. The molecule has 0 spiro atoms. The second-order valence-electron chi connectivity index (χ2n) is 6.18. The number of nitrogens with one attached hydrogen (secondary N) is 1. The molecule has 0 saturated heterocycles. The first-order valence-electron chi connectivity index (χ1n) is 8.66. The van der Waals surface area contributed by atoms with E-state index in [2.05, 4.69) is 41.4 Å². The summed E-state index contributed by atoms with van der Waals surface area (Å²) < 4.78 is 0. The van der Waals surface area contributed by atoms with E-state index in [9.17, 15) is 4.79 Å². The number of guanidine groups is 1. The maximum Gasteiger partial charge on any atom is 0.248 e. The maximum atomic E-state index is 11.3. The van der Waals surface area contributed by atoms with Gasteiger partial charge >= 0.3 is 0 Å². The van der Waals surface area contributed by atoms with Gasteiger partial charge in [-0.2, -0.15) is 0 Å². The van der Waals surface area contributed by atoms with Gasteiger partial charge in [0.2, 0.25) is 5.91 Å². The summed E-state index contributed by atoms with van der Waals surface area (Å²) in [7, 11) is 0. The quantitative estimate of drug-likeness (QED) is 0.416. The highest BCUT2D eigenvalue weighted by molar-refractivity contribution is 14.0. The monoisotopic (exact) mass is 464 g/mol. The number of amides is 1. The average Bonchev–Trinajstić information content (AvgIpc) is 2.65. The van der Waals surface area contributed by atoms with Crippen molar-refractivity contribution < 1.29 is 4.79 Å². The molecule has 2 aromatic rings. The van der Waals surface area contributed by atoms with Crippen molar-refractivity contribution in [2.45, 2.75) is 26.4 Å². The highest BCUT2D eigenvalue weighted by Crippen LogP contribution is 2.18. The van der Waals surface area contributed by atoms with Crippen LogP contribution in [0.1, 0.15) is 34.0 Å². The van der Waals surface area contributed by atoms with Crippen LogP contribution in [0.25, 0.3) is 0 Å². The Morgan fingerprint density at radius 2 is 1.96 bits per heavy atom. The predicted octanol–water partition coefficient (Wildman–Crippen LogP) is 2.93. The van der Waals surface area contributed by atoms with Crippen LogP contribution >= 0.6 is 24.0 Å². The first-order chi connectivity index (χ1) is 12.2. The lowest BCUT2D eigenvalue weighted by atomic mass is 10.0. The van der Waals surface area contributed by atoms with E-state index in [0.717, 1.165) is 37.6 Å². The van der Waals surface area contributed by atoms with Gasteiger partial charge in [0, 0.05) is 25.2 Å². The number of hydrogen-bond acceptors (Lipinski definition) is 2. The van der Waals surface area contributed by atoms with Gasteiger partial charge in [0.15, 0.2) is 5.96 Å². The lowest BCUT2D eigenvalue weighted by Crippen LogP contribution is -2.44. The fraction of sp³-hybridized carbons (Fsp3) is 0.300. The number of halogens is 1. The van der Waals surface area contributed by atoms with Crippen LogP contribution < -0.4 is 11.1 Å². The topological polar surface area (TPSA) is 70.7 Å². The molecule has 0 atom stereocenters. The smallest absolute Gasteiger partial charge is 0.248 e. The molecule has 6 heteroatoms. The number of benzene rings is 2. The highest BCUT2D eigenvalue weighted by Gasteiger charge is 2.18. The van der Waals surface area contributed by atoms with Crippen molar-refractivity contribution in [3.05, 3.63) is 70.8 Å². The molecule has 0 radical (unpaired) electrons. The Balaban J connectivity index is 0.00000243. The minimum Gasteiger partial charge on any atom is -0.366 e. The van der Waals surface area contributed by atoms with Crippen molar-refractivity contribution in [1.29, 1.82) is 0 Å². The Morgan fingerprint density at radius 3 is 2.69 bits per heavy atom. The van der Waals surface area contributed by atoms with Gasteiger partial charge < -0.3 is 16.0 Å². The van der Waals surface area contributed by atoms with Crippen molar-refractivity contribution in [3.63, 3.8) is 0 Å². The van der Waals surface area contributed by atoms with E-state index in [1.54, 1.807) is 12.1 Å². The van der Waals surface area contributed by atoms with E-state index < -0.39 is 5.91 Å². The molecule has 1 aliphatic rings. The van der Waals surface area contributed by atoms with Crippen LogP contribution in [0.3, 0.4) is 0 Å². The van der Waals surface area contributed by atoms with E-state index in [0.29, 0.717) is 12.1 Å². The van der Waals surface area contributed by atoms with Crippen LogP contribution in [-0.2, 0) is 19.5 Å². The van der Waals surface area contributed by atoms with E-state index >= 15 is 0 Å². The van der Waals surface area contributed by atoms with Crippen LogP contribution in [0, 0.1) is 0 Å². The molecule has 0 aliphatic carbocycles. The molecular formula is C20H25IN4O. The fourth-order valence-corrected chi connectivity index (χ4v) is 3.09. The predicted molar refractivity (Wildman–Crippen MR) is 116 cm³/mol. The van der Waals surface area contributed by atoms with Gasteiger partial charge in [0.25, 0.3) is 0 Å². The molecule has 1 aliphatic heterocycles. The van der Waals surface area contributed by atoms with Gasteiger partial charge in [-0.1, -0.05) is 36.4 Å². The third kappa shape index (κ3) is 4.97. The van der Waals surface area contributed by atoms with Gasteiger partial charge in [-0.25, -0.2) is 4.99 Å². The van der Waals surface area contributed by atoms with Gasteiger partial charge in [0.1, 0.15) is 0 Å². The summed E-state index contributed by atoms with van der Waals surface area (Å²) in [5.41, 5.74) is 9.62. The van der Waals surface area contributed by atoms with Crippen molar-refractivity contribution >= 4 is 35.8 Å². The third-order valence-electron chi connectivity index (χ3n) is 4.39. The lowest BCUT2D eigenvalue weighted by molar-refractivity contribution is 0.1000. The zero-order valence-corrected chi connectivity index (χ0v) is 17.3. The maximum absolute atomic E-state index is 11.3. The number of carbonyl (C=O) groups excluding carboxylic acids is 1. The van der Waals surface area contributed by atoms with Crippen molar-refractivity contribution in [2.75, 3.05) is 13.1 Å². The Kier molecular flexibility index (Phi) is 7.44. The molecule has 1 heterocycles. The zero-order valence-electron chi connectivity index (χ0n) is 14.9. The Labute approximate surface area is 171 Å². The average molecular weight is 464 g/mol. The van der Waals surface area contributed by atoms with Gasteiger partial charge in [-0.05, 0) is 42.2 Å². The van der Waals surface area contributed by atoms with E-state index in [1.807, 2.05) is 12.1 Å². The number of hydrogen-bond donors (Lipinski definition) is 2. The Morgan fingerprint density at radius 1 is 1.19 bits per heavy atom. The molecule has 26 heavy (non-hydrogen) atoms. The van der Waals surface area contributed by atoms with Gasteiger partial charge in [-0.3, -0.25) is 4.79 Å². The Bertz CT molecular complexity index is 791. The normalized spacial score (nSPS) is 13.6. The van der Waals surface area contributed by atoms with Gasteiger partial charge in [0.05, 0.1) is 6.54 Å². The number of aliphatic imine (C=N–C) groups is 1. The summed E-state index contributed by atoms with van der Waals surface area (Å²) in [6, 6.07) is 15.9. The summed E-state index contributed by atoms with van der Waals surface area (Å²) >= 11 is 0. The molecule has 0 aromatic heterocycles. The minimum absolute atomic E-state index is 0. The van der Waals surface area contributed by atoms with Crippen LogP contribution in [0.2, 0.25) is 0 Å². The van der Waals surface area contributed by atoms with Crippen LogP contribution in [0.15, 0.2) is 53.5 Å². The standard InChI is InChI=1S/C20H24N4O.HI/c1-2-22-20(23-13-15-6-5-9-17(12-15)19(21)25)24-11-10-16-7-3-4-8-18(16)14-24;/h3-9,12H,2,10-11,13-14H2,1H3,(H2,21,25)(H,22,23);1H. The second-order valence-corrected chi connectivity index (χ2v) is 6.18. The Hall–Kier alpha value is -2.09. The fourth-order valence-electron chi connectivity index (χ4n) is 3.09. The molecular weight excluding hydrogens is 439 g/mol. The lowest BCUT2D eigenvalue weighted by Gasteiger charge is -2.31. The number of carbonyl (C=O) groups is 1. The van der Waals surface area contributed by atoms with Crippen molar-refractivity contribution in [1.82, 2.24) is 10.2 Å². The SMILES string of the molecule is CCNC(=NCc1cccc(C(N)=O)c1)N1CCc2ccccc2C1.I. The molecule has 0 unspecified atom stereocenters. The largest absolute Gasteiger partial charge is 0.366 e. The third-order valence-corrected chi connectivity index (χ3v) is 4.39. The first-order valence-corrected chi connectivity index (χ1v) is 8.66. The summed E-state index contributed by atoms with van der Waals surface area (Å²) in [4.78, 5) is 18.4. The minimum atomic E-state index is -0.412. The summed E-state index contributed by atoms with van der Waals surface area (Å²) in [5, 5.41) is 3.38. The van der Waals surface area contributed by atoms with E-state index in [4.69, 9.17) is 10.7 Å². The van der Waals surface area contributed by atoms with Crippen molar-refractivity contribution in [2.24, 2.45) is 10.7 Å². The highest BCUT2D eigenvalue weighted by atomic mass is 127. The summed E-state index contributed by atoms with van der Waals surface area (Å²) in [6.07, 6.45) is 1.03. The van der Waals surface area contributed by atoms with E-state index in [1.165, 1.54) is 11.1 Å². The number of rotatable bonds is 4. The molecule has 0 bridgehead atoms. The molecule has 138 valence electrons.